The smallest absolute Gasteiger partial charge is 0.0390 e. The van der Waals surface area contributed by atoms with Crippen LogP contribution in [0.2, 0.25) is 0 Å². The van der Waals surface area contributed by atoms with Crippen LogP contribution in [-0.2, 0) is 0 Å². The second-order valence-corrected chi connectivity index (χ2v) is 6.04. The zero-order chi connectivity index (χ0) is 11.7. The molecule has 1 saturated heterocycles. The Kier molecular flexibility index (Phi) is 3.33. The van der Waals surface area contributed by atoms with Crippen molar-refractivity contribution in [3.63, 3.8) is 0 Å². The van der Waals surface area contributed by atoms with E-state index in [4.69, 9.17) is 5.73 Å². The summed E-state index contributed by atoms with van der Waals surface area (Å²) in [5, 5.41) is 0.691. The molecule has 0 amide bonds. The van der Waals surface area contributed by atoms with Gasteiger partial charge in [0.1, 0.15) is 0 Å². The Labute approximate surface area is 102 Å². The lowest BCUT2D eigenvalue weighted by Gasteiger charge is -2.39. The molecule has 16 heavy (non-hydrogen) atoms. The molecule has 0 bridgehead atoms. The Morgan fingerprint density at radius 1 is 1.38 bits per heavy atom. The van der Waals surface area contributed by atoms with Crippen molar-refractivity contribution in [3.05, 3.63) is 23.8 Å². The van der Waals surface area contributed by atoms with E-state index in [1.165, 1.54) is 11.4 Å². The molecular weight excluding hydrogens is 216 g/mol. The minimum absolute atomic E-state index is 0.584. The highest BCUT2D eigenvalue weighted by atomic mass is 32.2. The largest absolute Gasteiger partial charge is 0.398 e. The minimum Gasteiger partial charge on any atom is -0.398 e. The van der Waals surface area contributed by atoms with E-state index in [0.29, 0.717) is 11.3 Å². The first-order valence-electron chi connectivity index (χ1n) is 5.84. The third-order valence-electron chi connectivity index (χ3n) is 3.48. The molecule has 3 heteroatoms. The molecule has 1 aromatic carbocycles. The summed E-state index contributed by atoms with van der Waals surface area (Å²) >= 11 is 2.06. The van der Waals surface area contributed by atoms with Gasteiger partial charge in [0.05, 0.1) is 0 Å². The van der Waals surface area contributed by atoms with Crippen molar-refractivity contribution in [2.45, 2.75) is 32.1 Å². The maximum atomic E-state index is 5.98. The van der Waals surface area contributed by atoms with Gasteiger partial charge in [-0.25, -0.2) is 0 Å². The molecule has 0 aromatic heterocycles. The van der Waals surface area contributed by atoms with Crippen LogP contribution in [0.15, 0.2) is 18.2 Å². The quantitative estimate of drug-likeness (QED) is 0.760. The van der Waals surface area contributed by atoms with Gasteiger partial charge in [0.25, 0.3) is 0 Å². The molecule has 2 N–H and O–H groups in total. The lowest BCUT2D eigenvalue weighted by Crippen LogP contribution is -2.44. The van der Waals surface area contributed by atoms with Crippen molar-refractivity contribution in [2.75, 3.05) is 22.9 Å². The van der Waals surface area contributed by atoms with Gasteiger partial charge in [-0.2, -0.15) is 11.8 Å². The summed E-state index contributed by atoms with van der Waals surface area (Å²) in [5.74, 6) is 1.21. The molecule has 1 aliphatic heterocycles. The Bertz CT molecular complexity index is 378. The van der Waals surface area contributed by atoms with Crippen LogP contribution >= 0.6 is 11.8 Å². The predicted molar refractivity (Wildman–Crippen MR) is 74.3 cm³/mol. The van der Waals surface area contributed by atoms with Crippen molar-refractivity contribution in [3.8, 4) is 0 Å². The van der Waals surface area contributed by atoms with Crippen molar-refractivity contribution in [1.29, 1.82) is 0 Å². The molecule has 2 unspecified atom stereocenters. The molecule has 2 atom stereocenters. The van der Waals surface area contributed by atoms with Gasteiger partial charge in [-0.05, 0) is 31.5 Å². The second kappa shape index (κ2) is 4.58. The highest BCUT2D eigenvalue weighted by molar-refractivity contribution is 8.00. The molecule has 1 aliphatic rings. The Balaban J connectivity index is 2.25. The molecule has 1 fully saturated rings. The molecule has 0 radical (unpaired) electrons. The van der Waals surface area contributed by atoms with Crippen LogP contribution in [0.3, 0.4) is 0 Å². The van der Waals surface area contributed by atoms with Gasteiger partial charge in [0.2, 0.25) is 0 Å². The average molecular weight is 236 g/mol. The van der Waals surface area contributed by atoms with Gasteiger partial charge >= 0.3 is 0 Å². The van der Waals surface area contributed by atoms with E-state index in [2.05, 4.69) is 55.6 Å². The maximum Gasteiger partial charge on any atom is 0.0390 e. The maximum absolute atomic E-state index is 5.98. The van der Waals surface area contributed by atoms with Crippen molar-refractivity contribution >= 4 is 23.1 Å². The van der Waals surface area contributed by atoms with E-state index >= 15 is 0 Å². The molecule has 1 aromatic rings. The van der Waals surface area contributed by atoms with E-state index in [1.54, 1.807) is 0 Å². The number of rotatable bonds is 1. The summed E-state index contributed by atoms with van der Waals surface area (Å²) in [5.41, 5.74) is 9.30. The van der Waals surface area contributed by atoms with Crippen LogP contribution in [0.25, 0.3) is 0 Å². The van der Waals surface area contributed by atoms with E-state index < -0.39 is 0 Å². The molecule has 0 aliphatic carbocycles. The standard InChI is InChI=1S/C13H20N2S/c1-9-4-5-12(8-13(9)14)15-6-7-16-11(3)10(15)2/h4-5,8,10-11H,6-7,14H2,1-3H3. The summed E-state index contributed by atoms with van der Waals surface area (Å²) in [6.45, 7) is 7.78. The SMILES string of the molecule is Cc1ccc(N2CCSC(C)C2C)cc1N. The third-order valence-corrected chi connectivity index (χ3v) is 4.82. The number of benzene rings is 1. The highest BCUT2D eigenvalue weighted by Gasteiger charge is 2.25. The fourth-order valence-corrected chi connectivity index (χ4v) is 3.20. The summed E-state index contributed by atoms with van der Waals surface area (Å²) < 4.78 is 0. The Morgan fingerprint density at radius 3 is 2.81 bits per heavy atom. The van der Waals surface area contributed by atoms with Gasteiger partial charge in [0, 0.05) is 35.0 Å². The highest BCUT2D eigenvalue weighted by Crippen LogP contribution is 2.30. The van der Waals surface area contributed by atoms with E-state index in [9.17, 15) is 0 Å². The van der Waals surface area contributed by atoms with Crippen LogP contribution in [-0.4, -0.2) is 23.6 Å². The molecule has 2 nitrogen and oxygen atoms in total. The summed E-state index contributed by atoms with van der Waals surface area (Å²) in [6.07, 6.45) is 0. The third kappa shape index (κ3) is 2.14. The number of anilines is 2. The van der Waals surface area contributed by atoms with Gasteiger partial charge in [-0.15, -0.1) is 0 Å². The average Bonchev–Trinajstić information content (AvgIpc) is 2.26. The lowest BCUT2D eigenvalue weighted by molar-refractivity contribution is 0.627. The second-order valence-electron chi connectivity index (χ2n) is 4.55. The predicted octanol–water partition coefficient (Wildman–Crippen LogP) is 2.91. The number of nitrogens with two attached hydrogens (primary N) is 1. The normalized spacial score (nSPS) is 25.8. The Hall–Kier alpha value is -0.830. The van der Waals surface area contributed by atoms with Crippen molar-refractivity contribution in [1.82, 2.24) is 0 Å². The zero-order valence-corrected chi connectivity index (χ0v) is 11.1. The number of nitrogen functional groups attached to an aromatic ring is 1. The van der Waals surface area contributed by atoms with E-state index in [0.717, 1.165) is 17.8 Å². The minimum atomic E-state index is 0.584. The number of hydrogen-bond donors (Lipinski definition) is 1. The first-order chi connectivity index (χ1) is 7.59. The van der Waals surface area contributed by atoms with Crippen LogP contribution in [0.5, 0.6) is 0 Å². The first kappa shape index (κ1) is 11.6. The van der Waals surface area contributed by atoms with Gasteiger partial charge in [-0.3, -0.25) is 0 Å². The van der Waals surface area contributed by atoms with Crippen LogP contribution < -0.4 is 10.6 Å². The number of aryl methyl sites for hydroxylation is 1. The molecule has 1 heterocycles. The molecule has 2 rings (SSSR count). The summed E-state index contributed by atoms with van der Waals surface area (Å²) in [6, 6.07) is 6.99. The number of thioether (sulfide) groups is 1. The molecule has 88 valence electrons. The van der Waals surface area contributed by atoms with Crippen LogP contribution in [0, 0.1) is 6.92 Å². The van der Waals surface area contributed by atoms with Crippen molar-refractivity contribution < 1.29 is 0 Å². The van der Waals surface area contributed by atoms with E-state index in [1.807, 2.05) is 0 Å². The van der Waals surface area contributed by atoms with E-state index in [-0.39, 0.29) is 0 Å². The molecular formula is C13H20N2S. The molecule has 0 saturated carbocycles. The van der Waals surface area contributed by atoms with Gasteiger partial charge in [0.15, 0.2) is 0 Å². The first-order valence-corrected chi connectivity index (χ1v) is 6.89. The number of nitrogens with zero attached hydrogens (tertiary/aromatic N) is 1. The summed E-state index contributed by atoms with van der Waals surface area (Å²) in [4.78, 5) is 2.47. The summed E-state index contributed by atoms with van der Waals surface area (Å²) in [7, 11) is 0. The fraction of sp³-hybridized carbons (Fsp3) is 0.538. The van der Waals surface area contributed by atoms with Gasteiger partial charge in [-0.1, -0.05) is 13.0 Å². The fourth-order valence-electron chi connectivity index (χ4n) is 2.10. The lowest BCUT2D eigenvalue weighted by atomic mass is 10.1. The van der Waals surface area contributed by atoms with Crippen LogP contribution in [0.4, 0.5) is 11.4 Å². The zero-order valence-electron chi connectivity index (χ0n) is 10.2. The Morgan fingerprint density at radius 2 is 2.12 bits per heavy atom. The molecule has 0 spiro atoms. The van der Waals surface area contributed by atoms with Crippen LogP contribution in [0.1, 0.15) is 19.4 Å². The van der Waals surface area contributed by atoms with Gasteiger partial charge < -0.3 is 10.6 Å². The van der Waals surface area contributed by atoms with Crippen molar-refractivity contribution in [2.24, 2.45) is 0 Å². The number of hydrogen-bond acceptors (Lipinski definition) is 3. The monoisotopic (exact) mass is 236 g/mol. The topological polar surface area (TPSA) is 29.3 Å².